The molecule has 3 aliphatic rings. The molecule has 168 valence electrons. The summed E-state index contributed by atoms with van der Waals surface area (Å²) in [7, 11) is 1.58. The average Bonchev–Trinajstić information content (AvgIpc) is 2.81. The maximum atomic E-state index is 13.4. The van der Waals surface area contributed by atoms with E-state index in [9.17, 15) is 14.4 Å². The Morgan fingerprint density at radius 1 is 1.06 bits per heavy atom. The van der Waals surface area contributed by atoms with Gasteiger partial charge in [0.2, 0.25) is 11.8 Å². The van der Waals surface area contributed by atoms with E-state index in [0.717, 1.165) is 63.8 Å². The number of likely N-dealkylation sites (tertiary alicyclic amines) is 1. The summed E-state index contributed by atoms with van der Waals surface area (Å²) in [5.74, 6) is -0.287. The number of carbonyl (C=O) groups excluding carboxylic acids is 3. The number of fused-ring (bicyclic) bond motifs is 3. The fourth-order valence-corrected chi connectivity index (χ4v) is 4.83. The van der Waals surface area contributed by atoms with Crippen LogP contribution in [0.4, 0.5) is 11.4 Å². The smallest absolute Gasteiger partial charge is 0.253 e. The summed E-state index contributed by atoms with van der Waals surface area (Å²) >= 11 is 0. The van der Waals surface area contributed by atoms with Gasteiger partial charge in [-0.2, -0.15) is 0 Å². The standard InChI is InChI=1S/C23H32N4O4/c1-31-14-10-24-21(28)16-27-20-15-17(22(29)25-11-4-2-5-12-25)8-9-18(20)26-13-6-3-7-19(26)23(27)30/h8-9,15,19H,2-7,10-14,16H2,1H3,(H,24,28)/t19-/m1/s1. The van der Waals surface area contributed by atoms with Gasteiger partial charge in [-0.3, -0.25) is 19.3 Å². The number of piperidine rings is 2. The lowest BCUT2D eigenvalue weighted by atomic mass is 9.95. The van der Waals surface area contributed by atoms with E-state index in [1.807, 2.05) is 17.0 Å². The van der Waals surface area contributed by atoms with E-state index in [4.69, 9.17) is 4.74 Å². The van der Waals surface area contributed by atoms with E-state index >= 15 is 0 Å². The summed E-state index contributed by atoms with van der Waals surface area (Å²) in [4.78, 5) is 44.5. The molecular formula is C23H32N4O4. The Hall–Kier alpha value is -2.61. The van der Waals surface area contributed by atoms with Gasteiger partial charge >= 0.3 is 0 Å². The Morgan fingerprint density at radius 2 is 1.84 bits per heavy atom. The van der Waals surface area contributed by atoms with Crippen LogP contribution in [0.2, 0.25) is 0 Å². The van der Waals surface area contributed by atoms with Gasteiger partial charge in [0.25, 0.3) is 5.91 Å². The van der Waals surface area contributed by atoms with Crippen LogP contribution >= 0.6 is 0 Å². The molecule has 1 aromatic carbocycles. The Balaban J connectivity index is 1.62. The third kappa shape index (κ3) is 4.54. The summed E-state index contributed by atoms with van der Waals surface area (Å²) in [6, 6.07) is 5.38. The Labute approximate surface area is 183 Å². The first-order valence-electron chi connectivity index (χ1n) is 11.4. The van der Waals surface area contributed by atoms with Gasteiger partial charge in [0.1, 0.15) is 12.6 Å². The summed E-state index contributed by atoms with van der Waals surface area (Å²) in [6.07, 6.45) is 6.03. The Morgan fingerprint density at radius 3 is 2.61 bits per heavy atom. The zero-order valence-electron chi connectivity index (χ0n) is 18.3. The van der Waals surface area contributed by atoms with E-state index in [1.54, 1.807) is 18.1 Å². The number of carbonyl (C=O) groups is 3. The minimum Gasteiger partial charge on any atom is -0.383 e. The molecule has 1 aromatic rings. The van der Waals surface area contributed by atoms with Crippen molar-refractivity contribution in [1.82, 2.24) is 10.2 Å². The first-order valence-corrected chi connectivity index (χ1v) is 11.4. The molecule has 0 radical (unpaired) electrons. The highest BCUT2D eigenvalue weighted by molar-refractivity contribution is 6.09. The van der Waals surface area contributed by atoms with Gasteiger partial charge in [0.05, 0.1) is 18.0 Å². The van der Waals surface area contributed by atoms with E-state index < -0.39 is 0 Å². The van der Waals surface area contributed by atoms with Gasteiger partial charge < -0.3 is 19.9 Å². The second-order valence-corrected chi connectivity index (χ2v) is 8.53. The van der Waals surface area contributed by atoms with Crippen molar-refractivity contribution in [3.63, 3.8) is 0 Å². The van der Waals surface area contributed by atoms with Crippen molar-refractivity contribution in [2.24, 2.45) is 0 Å². The molecule has 8 heteroatoms. The highest BCUT2D eigenvalue weighted by Crippen LogP contribution is 2.40. The molecule has 0 aliphatic carbocycles. The van der Waals surface area contributed by atoms with Crippen LogP contribution in [-0.2, 0) is 14.3 Å². The third-order valence-electron chi connectivity index (χ3n) is 6.45. The van der Waals surface area contributed by atoms with Crippen LogP contribution in [0.25, 0.3) is 0 Å². The molecule has 2 saturated heterocycles. The molecular weight excluding hydrogens is 396 g/mol. The van der Waals surface area contributed by atoms with Crippen molar-refractivity contribution in [3.05, 3.63) is 23.8 Å². The number of ether oxygens (including phenoxy) is 1. The van der Waals surface area contributed by atoms with Crippen LogP contribution in [0, 0.1) is 0 Å². The van der Waals surface area contributed by atoms with Crippen LogP contribution in [0.3, 0.4) is 0 Å². The molecule has 0 spiro atoms. The van der Waals surface area contributed by atoms with Gasteiger partial charge in [0.15, 0.2) is 0 Å². The highest BCUT2D eigenvalue weighted by Gasteiger charge is 2.40. The number of hydrogen-bond acceptors (Lipinski definition) is 5. The van der Waals surface area contributed by atoms with Gasteiger partial charge in [-0.15, -0.1) is 0 Å². The van der Waals surface area contributed by atoms with E-state index in [1.165, 1.54) is 0 Å². The van der Waals surface area contributed by atoms with Gasteiger partial charge in [-0.1, -0.05) is 0 Å². The van der Waals surface area contributed by atoms with Gasteiger partial charge in [0, 0.05) is 38.9 Å². The van der Waals surface area contributed by atoms with Crippen molar-refractivity contribution >= 4 is 29.1 Å². The maximum Gasteiger partial charge on any atom is 0.253 e. The molecule has 3 amide bonds. The van der Waals surface area contributed by atoms with Crippen molar-refractivity contribution in [2.75, 3.05) is 56.2 Å². The van der Waals surface area contributed by atoms with Crippen LogP contribution in [0.15, 0.2) is 18.2 Å². The molecule has 0 bridgehead atoms. The Bertz CT molecular complexity index is 837. The molecule has 3 aliphatic heterocycles. The van der Waals surface area contributed by atoms with E-state index in [-0.39, 0.29) is 30.3 Å². The van der Waals surface area contributed by atoms with Crippen molar-refractivity contribution in [2.45, 2.75) is 44.6 Å². The highest BCUT2D eigenvalue weighted by atomic mass is 16.5. The molecule has 3 heterocycles. The van der Waals surface area contributed by atoms with Crippen LogP contribution in [0.5, 0.6) is 0 Å². The molecule has 1 N–H and O–H groups in total. The summed E-state index contributed by atoms with van der Waals surface area (Å²) in [5, 5.41) is 2.80. The number of amides is 3. The third-order valence-corrected chi connectivity index (χ3v) is 6.45. The van der Waals surface area contributed by atoms with E-state index in [2.05, 4.69) is 10.2 Å². The number of nitrogens with zero attached hydrogens (tertiary/aromatic N) is 3. The number of nitrogens with one attached hydrogen (secondary N) is 1. The molecule has 31 heavy (non-hydrogen) atoms. The molecule has 0 unspecified atom stereocenters. The Kier molecular flexibility index (Phi) is 6.75. The maximum absolute atomic E-state index is 13.4. The van der Waals surface area contributed by atoms with Gasteiger partial charge in [-0.05, 0) is 56.7 Å². The fraction of sp³-hybridized carbons (Fsp3) is 0.609. The zero-order chi connectivity index (χ0) is 21.8. The second kappa shape index (κ2) is 9.68. The number of hydrogen-bond donors (Lipinski definition) is 1. The zero-order valence-corrected chi connectivity index (χ0v) is 18.3. The van der Waals surface area contributed by atoms with Crippen molar-refractivity contribution < 1.29 is 19.1 Å². The van der Waals surface area contributed by atoms with Crippen molar-refractivity contribution in [3.8, 4) is 0 Å². The largest absolute Gasteiger partial charge is 0.383 e. The lowest BCUT2D eigenvalue weighted by Gasteiger charge is -2.45. The predicted molar refractivity (Wildman–Crippen MR) is 118 cm³/mol. The normalized spacial score (nSPS) is 20.9. The average molecular weight is 429 g/mol. The fourth-order valence-electron chi connectivity index (χ4n) is 4.83. The monoisotopic (exact) mass is 428 g/mol. The molecule has 2 fully saturated rings. The first-order chi connectivity index (χ1) is 15.1. The molecule has 1 atom stereocenters. The SMILES string of the molecule is COCCNC(=O)CN1C(=O)[C@H]2CCCCN2c2ccc(C(=O)N3CCCCC3)cc21. The van der Waals surface area contributed by atoms with Crippen molar-refractivity contribution in [1.29, 1.82) is 0 Å². The first kappa shape index (κ1) is 21.6. The van der Waals surface area contributed by atoms with Crippen LogP contribution in [-0.4, -0.2) is 75.1 Å². The summed E-state index contributed by atoms with van der Waals surface area (Å²) in [5.41, 5.74) is 2.17. The van der Waals surface area contributed by atoms with Gasteiger partial charge in [-0.25, -0.2) is 0 Å². The second-order valence-electron chi connectivity index (χ2n) is 8.53. The lowest BCUT2D eigenvalue weighted by molar-refractivity contribution is -0.125. The predicted octanol–water partition coefficient (Wildman–Crippen LogP) is 1.78. The quantitative estimate of drug-likeness (QED) is 0.699. The number of methoxy groups -OCH3 is 1. The summed E-state index contributed by atoms with van der Waals surface area (Å²) in [6.45, 7) is 3.12. The molecule has 4 rings (SSSR count). The number of rotatable bonds is 6. The summed E-state index contributed by atoms with van der Waals surface area (Å²) < 4.78 is 4.99. The van der Waals surface area contributed by atoms with Crippen LogP contribution in [0.1, 0.15) is 48.9 Å². The minimum absolute atomic E-state index is 0.000197. The lowest BCUT2D eigenvalue weighted by Crippen LogP contribution is -2.57. The molecule has 0 aromatic heterocycles. The topological polar surface area (TPSA) is 82.2 Å². The van der Waals surface area contributed by atoms with E-state index in [0.29, 0.717) is 24.4 Å². The van der Waals surface area contributed by atoms with Crippen LogP contribution < -0.4 is 15.1 Å². The number of benzene rings is 1. The molecule has 0 saturated carbocycles. The number of anilines is 2. The minimum atomic E-state index is -0.239. The molecule has 8 nitrogen and oxygen atoms in total.